The van der Waals surface area contributed by atoms with Gasteiger partial charge in [-0.2, -0.15) is 0 Å². The summed E-state index contributed by atoms with van der Waals surface area (Å²) in [6.07, 6.45) is 0.255. The predicted molar refractivity (Wildman–Crippen MR) is 89.5 cm³/mol. The molecule has 3 aromatic carbocycles. The van der Waals surface area contributed by atoms with Crippen molar-refractivity contribution in [2.45, 2.75) is 6.42 Å². The monoisotopic (exact) mass is 302 g/mol. The first kappa shape index (κ1) is 13.6. The van der Waals surface area contributed by atoms with Crippen LogP contribution in [0.15, 0.2) is 77.2 Å². The number of hydrogen-bond acceptors (Lipinski definition) is 3. The maximum Gasteiger partial charge on any atom is 0.315 e. The van der Waals surface area contributed by atoms with Crippen LogP contribution < -0.4 is 4.74 Å². The zero-order chi connectivity index (χ0) is 15.6. The summed E-state index contributed by atoms with van der Waals surface area (Å²) >= 11 is 0. The second-order valence-corrected chi connectivity index (χ2v) is 5.39. The van der Waals surface area contributed by atoms with E-state index in [2.05, 4.69) is 0 Å². The lowest BCUT2D eigenvalue weighted by molar-refractivity contribution is -0.133. The van der Waals surface area contributed by atoms with Crippen LogP contribution in [0.2, 0.25) is 0 Å². The van der Waals surface area contributed by atoms with Gasteiger partial charge in [0.05, 0.1) is 6.42 Å². The molecule has 3 nitrogen and oxygen atoms in total. The number of furan rings is 1. The van der Waals surface area contributed by atoms with Crippen LogP contribution in [0.5, 0.6) is 5.75 Å². The standard InChI is InChI=1S/C20H14O3/c21-20(12-14-6-2-1-3-7-14)22-15-10-11-19-17(13-15)16-8-4-5-9-18(16)23-19/h1-11,13H,12H2. The second-order valence-electron chi connectivity index (χ2n) is 5.39. The minimum Gasteiger partial charge on any atom is -0.456 e. The van der Waals surface area contributed by atoms with Gasteiger partial charge in [-0.05, 0) is 29.8 Å². The van der Waals surface area contributed by atoms with Gasteiger partial charge >= 0.3 is 5.97 Å². The molecule has 4 aromatic rings. The average molecular weight is 302 g/mol. The summed E-state index contributed by atoms with van der Waals surface area (Å²) in [7, 11) is 0. The molecule has 112 valence electrons. The highest BCUT2D eigenvalue weighted by Gasteiger charge is 2.10. The number of fused-ring (bicyclic) bond motifs is 3. The Kier molecular flexibility index (Phi) is 3.31. The Hall–Kier alpha value is -3.07. The van der Waals surface area contributed by atoms with Gasteiger partial charge in [0.25, 0.3) is 0 Å². The Labute approximate surface area is 133 Å². The molecule has 1 heterocycles. The lowest BCUT2D eigenvalue weighted by Gasteiger charge is -2.04. The van der Waals surface area contributed by atoms with Crippen LogP contribution in [0, 0.1) is 0 Å². The summed E-state index contributed by atoms with van der Waals surface area (Å²) in [4.78, 5) is 12.1. The third kappa shape index (κ3) is 2.69. The first-order valence-electron chi connectivity index (χ1n) is 7.45. The largest absolute Gasteiger partial charge is 0.456 e. The number of esters is 1. The first-order valence-corrected chi connectivity index (χ1v) is 7.45. The Morgan fingerprint density at radius 1 is 0.826 bits per heavy atom. The summed E-state index contributed by atoms with van der Waals surface area (Å²) in [5.41, 5.74) is 2.55. The Balaban J connectivity index is 1.61. The lowest BCUT2D eigenvalue weighted by atomic mass is 10.1. The van der Waals surface area contributed by atoms with E-state index in [9.17, 15) is 4.79 Å². The predicted octanol–water partition coefficient (Wildman–Crippen LogP) is 4.73. The molecule has 0 amide bonds. The molecular weight excluding hydrogens is 288 g/mol. The molecule has 0 fully saturated rings. The van der Waals surface area contributed by atoms with Crippen LogP contribution in [0.25, 0.3) is 21.9 Å². The van der Waals surface area contributed by atoms with Crippen molar-refractivity contribution in [1.29, 1.82) is 0 Å². The van der Waals surface area contributed by atoms with Gasteiger partial charge in [0.2, 0.25) is 0 Å². The zero-order valence-electron chi connectivity index (χ0n) is 12.4. The molecule has 0 atom stereocenters. The summed E-state index contributed by atoms with van der Waals surface area (Å²) in [5.74, 6) is 0.258. The van der Waals surface area contributed by atoms with Gasteiger partial charge in [-0.3, -0.25) is 4.79 Å². The molecule has 4 rings (SSSR count). The highest BCUT2D eigenvalue weighted by atomic mass is 16.5. The van der Waals surface area contributed by atoms with E-state index in [0.717, 1.165) is 27.5 Å². The van der Waals surface area contributed by atoms with Crippen molar-refractivity contribution < 1.29 is 13.9 Å². The van der Waals surface area contributed by atoms with Gasteiger partial charge in [0.15, 0.2) is 0 Å². The fourth-order valence-electron chi connectivity index (χ4n) is 2.70. The van der Waals surface area contributed by atoms with Crippen molar-refractivity contribution in [2.75, 3.05) is 0 Å². The molecule has 0 unspecified atom stereocenters. The summed E-state index contributed by atoms with van der Waals surface area (Å²) in [5, 5.41) is 1.97. The molecule has 0 bridgehead atoms. The van der Waals surface area contributed by atoms with E-state index in [1.807, 2.05) is 66.7 Å². The summed E-state index contributed by atoms with van der Waals surface area (Å²) in [6.45, 7) is 0. The van der Waals surface area contributed by atoms with Gasteiger partial charge in [-0.1, -0.05) is 48.5 Å². The van der Waals surface area contributed by atoms with E-state index in [4.69, 9.17) is 9.15 Å². The van der Waals surface area contributed by atoms with Gasteiger partial charge in [0.1, 0.15) is 16.9 Å². The number of para-hydroxylation sites is 1. The topological polar surface area (TPSA) is 39.4 Å². The van der Waals surface area contributed by atoms with Crippen molar-refractivity contribution in [2.24, 2.45) is 0 Å². The van der Waals surface area contributed by atoms with E-state index >= 15 is 0 Å². The Morgan fingerprint density at radius 2 is 1.57 bits per heavy atom. The van der Waals surface area contributed by atoms with Gasteiger partial charge in [-0.15, -0.1) is 0 Å². The zero-order valence-corrected chi connectivity index (χ0v) is 12.4. The number of hydrogen-bond donors (Lipinski definition) is 0. The summed E-state index contributed by atoms with van der Waals surface area (Å²) < 4.78 is 11.2. The number of benzene rings is 3. The van der Waals surface area contributed by atoms with Crippen molar-refractivity contribution in [1.82, 2.24) is 0 Å². The molecule has 0 aliphatic heterocycles. The average Bonchev–Trinajstić information content (AvgIpc) is 2.94. The lowest BCUT2D eigenvalue weighted by Crippen LogP contribution is -2.10. The molecular formula is C20H14O3. The smallest absolute Gasteiger partial charge is 0.315 e. The van der Waals surface area contributed by atoms with E-state index in [1.54, 1.807) is 6.07 Å². The number of carbonyl (C=O) groups excluding carboxylic acids is 1. The van der Waals surface area contributed by atoms with Crippen molar-refractivity contribution in [3.05, 3.63) is 78.4 Å². The maximum atomic E-state index is 12.1. The molecule has 0 spiro atoms. The van der Waals surface area contributed by atoms with Crippen LogP contribution in [0.4, 0.5) is 0 Å². The molecule has 3 heteroatoms. The number of ether oxygens (including phenoxy) is 1. The van der Waals surface area contributed by atoms with Crippen molar-refractivity contribution in [3.63, 3.8) is 0 Å². The molecule has 0 saturated heterocycles. The quantitative estimate of drug-likeness (QED) is 0.405. The van der Waals surface area contributed by atoms with E-state index in [1.165, 1.54) is 0 Å². The normalized spacial score (nSPS) is 11.0. The van der Waals surface area contributed by atoms with E-state index < -0.39 is 0 Å². The van der Waals surface area contributed by atoms with Crippen LogP contribution in [0.3, 0.4) is 0 Å². The van der Waals surface area contributed by atoms with Gasteiger partial charge in [0, 0.05) is 10.8 Å². The molecule has 0 aliphatic rings. The number of carbonyl (C=O) groups is 1. The molecule has 1 aromatic heterocycles. The molecule has 0 saturated carbocycles. The Bertz CT molecular complexity index is 984. The second kappa shape index (κ2) is 5.61. The minimum absolute atomic E-state index is 0.255. The van der Waals surface area contributed by atoms with Crippen LogP contribution in [-0.2, 0) is 11.2 Å². The van der Waals surface area contributed by atoms with Crippen LogP contribution in [-0.4, -0.2) is 5.97 Å². The maximum absolute atomic E-state index is 12.1. The van der Waals surface area contributed by atoms with E-state index in [0.29, 0.717) is 5.75 Å². The summed E-state index contributed by atoms with van der Waals surface area (Å²) in [6, 6.07) is 22.8. The van der Waals surface area contributed by atoms with Crippen molar-refractivity contribution >= 4 is 27.9 Å². The van der Waals surface area contributed by atoms with Gasteiger partial charge < -0.3 is 9.15 Å². The fourth-order valence-corrected chi connectivity index (χ4v) is 2.70. The fraction of sp³-hybridized carbons (Fsp3) is 0.0500. The molecule has 0 N–H and O–H groups in total. The molecule has 0 radical (unpaired) electrons. The van der Waals surface area contributed by atoms with E-state index in [-0.39, 0.29) is 12.4 Å². The number of rotatable bonds is 3. The minimum atomic E-state index is -0.275. The molecule has 0 aliphatic carbocycles. The van der Waals surface area contributed by atoms with Gasteiger partial charge in [-0.25, -0.2) is 0 Å². The van der Waals surface area contributed by atoms with Crippen molar-refractivity contribution in [3.8, 4) is 5.75 Å². The third-order valence-electron chi connectivity index (χ3n) is 3.77. The highest BCUT2D eigenvalue weighted by molar-refractivity contribution is 6.05. The highest BCUT2D eigenvalue weighted by Crippen LogP contribution is 2.31. The Morgan fingerprint density at radius 3 is 2.43 bits per heavy atom. The molecule has 23 heavy (non-hydrogen) atoms. The first-order chi connectivity index (χ1) is 11.3. The third-order valence-corrected chi connectivity index (χ3v) is 3.77. The van der Waals surface area contributed by atoms with Crippen LogP contribution in [0.1, 0.15) is 5.56 Å². The van der Waals surface area contributed by atoms with Crippen LogP contribution >= 0.6 is 0 Å². The SMILES string of the molecule is O=C(Cc1ccccc1)Oc1ccc2oc3ccccc3c2c1.